The maximum Gasteiger partial charge on any atom is 0.142 e. The molecule has 4 heteroatoms. The van der Waals surface area contributed by atoms with E-state index in [1.165, 1.54) is 0 Å². The Bertz CT molecular complexity index is 469. The molecule has 0 fully saturated rings. The summed E-state index contributed by atoms with van der Waals surface area (Å²) in [6.07, 6.45) is 1.56. The van der Waals surface area contributed by atoms with Gasteiger partial charge < -0.3 is 5.73 Å². The fraction of sp³-hybridized carbons (Fsp3) is 0.273. The average Bonchev–Trinajstić information content (AvgIpc) is 2.14. The van der Waals surface area contributed by atoms with Crippen LogP contribution in [0.1, 0.15) is 11.3 Å². The molecule has 0 aliphatic rings. The van der Waals surface area contributed by atoms with Gasteiger partial charge >= 0.3 is 0 Å². The van der Waals surface area contributed by atoms with Gasteiger partial charge in [0, 0.05) is 6.20 Å². The van der Waals surface area contributed by atoms with Gasteiger partial charge in [-0.15, -0.1) is 5.54 Å². The summed E-state index contributed by atoms with van der Waals surface area (Å²) in [7, 11) is -1.39. The predicted octanol–water partition coefficient (Wildman–Crippen LogP) is 1.76. The maximum absolute atomic E-state index is 8.61. The number of nitriles is 1. The van der Waals surface area contributed by atoms with Gasteiger partial charge in [0.2, 0.25) is 0 Å². The number of aromatic nitrogens is 1. The van der Waals surface area contributed by atoms with E-state index in [0.717, 1.165) is 0 Å². The molecule has 0 aliphatic heterocycles. The summed E-state index contributed by atoms with van der Waals surface area (Å²) in [4.78, 5) is 3.93. The zero-order chi connectivity index (χ0) is 11.5. The molecule has 0 radical (unpaired) electrons. The Morgan fingerprint density at radius 3 is 2.53 bits per heavy atom. The van der Waals surface area contributed by atoms with Gasteiger partial charge in [-0.25, -0.2) is 4.98 Å². The number of nitrogen functional groups attached to an aromatic ring is 1. The van der Waals surface area contributed by atoms with Crippen molar-refractivity contribution < 1.29 is 0 Å². The number of pyridine rings is 1. The molecule has 1 aromatic heterocycles. The van der Waals surface area contributed by atoms with E-state index in [0.29, 0.717) is 16.9 Å². The minimum absolute atomic E-state index is 0.325. The average molecular weight is 215 g/mol. The normalized spacial score (nSPS) is 10.0. The molecular formula is C11H13N3Si. The molecule has 0 spiro atoms. The summed E-state index contributed by atoms with van der Waals surface area (Å²) < 4.78 is 0. The molecule has 0 aromatic carbocycles. The van der Waals surface area contributed by atoms with Crippen molar-refractivity contribution >= 4 is 13.8 Å². The molecular weight excluding hydrogens is 202 g/mol. The Balaban J connectivity index is 3.07. The first kappa shape index (κ1) is 11.3. The van der Waals surface area contributed by atoms with Gasteiger partial charge in [-0.3, -0.25) is 0 Å². The zero-order valence-corrected chi connectivity index (χ0v) is 10.1. The maximum atomic E-state index is 8.61. The van der Waals surface area contributed by atoms with Crippen LogP contribution in [0.3, 0.4) is 0 Å². The van der Waals surface area contributed by atoms with Gasteiger partial charge in [0.05, 0.1) is 11.3 Å². The van der Waals surface area contributed by atoms with E-state index >= 15 is 0 Å². The molecule has 0 atom stereocenters. The lowest BCUT2D eigenvalue weighted by Gasteiger charge is -2.04. The van der Waals surface area contributed by atoms with Gasteiger partial charge in [-0.05, 0) is 6.07 Å². The molecule has 1 rings (SSSR count). The molecule has 0 saturated heterocycles. The molecule has 76 valence electrons. The van der Waals surface area contributed by atoms with Crippen LogP contribution in [0.2, 0.25) is 19.6 Å². The summed E-state index contributed by atoms with van der Waals surface area (Å²) in [5, 5.41) is 8.61. The highest BCUT2D eigenvalue weighted by Crippen LogP contribution is 2.10. The molecule has 0 amide bonds. The molecule has 2 N–H and O–H groups in total. The molecule has 0 aliphatic carbocycles. The van der Waals surface area contributed by atoms with Gasteiger partial charge in [0.1, 0.15) is 19.8 Å². The highest BCUT2D eigenvalue weighted by molar-refractivity contribution is 6.83. The Morgan fingerprint density at radius 2 is 2.07 bits per heavy atom. The fourth-order valence-electron chi connectivity index (χ4n) is 0.891. The number of hydrogen-bond acceptors (Lipinski definition) is 3. The van der Waals surface area contributed by atoms with E-state index in [4.69, 9.17) is 11.0 Å². The molecule has 3 nitrogen and oxygen atoms in total. The first-order chi connectivity index (χ1) is 6.92. The summed E-state index contributed by atoms with van der Waals surface area (Å²) >= 11 is 0. The first-order valence-corrected chi connectivity index (χ1v) is 8.11. The van der Waals surface area contributed by atoms with E-state index in [1.54, 1.807) is 12.3 Å². The number of anilines is 1. The fourth-order valence-corrected chi connectivity index (χ4v) is 1.40. The van der Waals surface area contributed by atoms with Crippen molar-refractivity contribution in [2.45, 2.75) is 19.6 Å². The van der Waals surface area contributed by atoms with E-state index in [9.17, 15) is 0 Å². The van der Waals surface area contributed by atoms with E-state index in [1.807, 2.05) is 6.07 Å². The molecule has 0 bridgehead atoms. The minimum Gasteiger partial charge on any atom is -0.398 e. The lowest BCUT2D eigenvalue weighted by atomic mass is 10.2. The molecule has 0 saturated carbocycles. The highest BCUT2D eigenvalue weighted by atomic mass is 28.3. The molecule has 1 heterocycles. The van der Waals surface area contributed by atoms with Crippen molar-refractivity contribution in [1.82, 2.24) is 4.98 Å². The Labute approximate surface area is 91.0 Å². The minimum atomic E-state index is -1.39. The van der Waals surface area contributed by atoms with Crippen molar-refractivity contribution in [3.8, 4) is 17.5 Å². The second kappa shape index (κ2) is 4.16. The molecule has 1 aromatic rings. The summed E-state index contributed by atoms with van der Waals surface area (Å²) in [5.74, 6) is 3.02. The van der Waals surface area contributed by atoms with Crippen molar-refractivity contribution in [2.24, 2.45) is 0 Å². The third-order valence-corrected chi connectivity index (χ3v) is 2.50. The standard InChI is InChI=1S/C11H13N3Si/c1-15(2,3)5-4-9-8-14-10(7-12)6-11(9)13/h6,8H,1-3H3,(H2,13,14). The largest absolute Gasteiger partial charge is 0.398 e. The lowest BCUT2D eigenvalue weighted by molar-refractivity contribution is 1.26. The van der Waals surface area contributed by atoms with Gasteiger partial charge in [0.15, 0.2) is 0 Å². The predicted molar refractivity (Wildman–Crippen MR) is 63.6 cm³/mol. The van der Waals surface area contributed by atoms with Crippen LogP contribution in [0.15, 0.2) is 12.3 Å². The van der Waals surface area contributed by atoms with Crippen molar-refractivity contribution in [2.75, 3.05) is 5.73 Å². The quantitative estimate of drug-likeness (QED) is 0.530. The summed E-state index contributed by atoms with van der Waals surface area (Å²) in [6, 6.07) is 3.49. The number of nitrogens with two attached hydrogens (primary N) is 1. The van der Waals surface area contributed by atoms with Gasteiger partial charge in [0.25, 0.3) is 0 Å². The van der Waals surface area contributed by atoms with Gasteiger partial charge in [-0.2, -0.15) is 5.26 Å². The summed E-state index contributed by atoms with van der Waals surface area (Å²) in [5.41, 5.74) is 10.5. The van der Waals surface area contributed by atoms with Gasteiger partial charge in [-0.1, -0.05) is 25.6 Å². The van der Waals surface area contributed by atoms with Crippen LogP contribution in [0.25, 0.3) is 0 Å². The van der Waals surface area contributed by atoms with E-state index in [-0.39, 0.29) is 0 Å². The third kappa shape index (κ3) is 3.45. The van der Waals surface area contributed by atoms with Crippen LogP contribution in [0, 0.1) is 22.8 Å². The summed E-state index contributed by atoms with van der Waals surface area (Å²) in [6.45, 7) is 6.48. The second-order valence-electron chi connectivity index (χ2n) is 4.27. The smallest absolute Gasteiger partial charge is 0.142 e. The lowest BCUT2D eigenvalue weighted by Crippen LogP contribution is -2.16. The van der Waals surface area contributed by atoms with E-state index < -0.39 is 8.07 Å². The SMILES string of the molecule is C[Si](C)(C)C#Cc1cnc(C#N)cc1N. The Hall–Kier alpha value is -1.78. The number of nitrogens with zero attached hydrogens (tertiary/aromatic N) is 2. The van der Waals surface area contributed by atoms with Crippen LogP contribution >= 0.6 is 0 Å². The molecule has 0 unspecified atom stereocenters. The van der Waals surface area contributed by atoms with Crippen LogP contribution in [0.5, 0.6) is 0 Å². The zero-order valence-electron chi connectivity index (χ0n) is 9.13. The topological polar surface area (TPSA) is 62.7 Å². The van der Waals surface area contributed by atoms with E-state index in [2.05, 4.69) is 36.1 Å². The Kier molecular flexibility index (Phi) is 3.13. The monoisotopic (exact) mass is 215 g/mol. The van der Waals surface area contributed by atoms with Crippen molar-refractivity contribution in [3.63, 3.8) is 0 Å². The number of hydrogen-bond donors (Lipinski definition) is 1. The second-order valence-corrected chi connectivity index (χ2v) is 9.02. The van der Waals surface area contributed by atoms with Crippen molar-refractivity contribution in [1.29, 1.82) is 5.26 Å². The van der Waals surface area contributed by atoms with Crippen molar-refractivity contribution in [3.05, 3.63) is 23.5 Å². The Morgan fingerprint density at radius 1 is 1.40 bits per heavy atom. The first-order valence-electron chi connectivity index (χ1n) is 4.61. The van der Waals surface area contributed by atoms with Crippen LogP contribution in [-0.4, -0.2) is 13.1 Å². The van der Waals surface area contributed by atoms with Crippen LogP contribution in [-0.2, 0) is 0 Å². The molecule has 15 heavy (non-hydrogen) atoms. The highest BCUT2D eigenvalue weighted by Gasteiger charge is 2.08. The van der Waals surface area contributed by atoms with Crippen LogP contribution in [0.4, 0.5) is 5.69 Å². The third-order valence-electron chi connectivity index (χ3n) is 1.62. The van der Waals surface area contributed by atoms with Crippen LogP contribution < -0.4 is 5.73 Å². The number of rotatable bonds is 0.